The molecule has 0 radical (unpaired) electrons. The van der Waals surface area contributed by atoms with Crippen LogP contribution in [-0.2, 0) is 0 Å². The minimum Gasteiger partial charge on any atom is -0.487 e. The first kappa shape index (κ1) is 22.4. The van der Waals surface area contributed by atoms with Gasteiger partial charge in [0, 0.05) is 25.2 Å². The second-order valence-corrected chi connectivity index (χ2v) is 7.70. The van der Waals surface area contributed by atoms with Gasteiger partial charge < -0.3 is 30.3 Å². The molecule has 2 rings (SSSR count). The summed E-state index contributed by atoms with van der Waals surface area (Å²) in [5.74, 6) is 1.12. The molecule has 4 N–H and O–H groups in total. The van der Waals surface area contributed by atoms with Crippen LogP contribution in [0.1, 0.15) is 27.7 Å². The van der Waals surface area contributed by atoms with Crippen LogP contribution in [0.25, 0.3) is 10.8 Å². The van der Waals surface area contributed by atoms with Crippen molar-refractivity contribution in [1.29, 1.82) is 0 Å². The molecular formula is C22H34N2O4. The highest BCUT2D eigenvalue weighted by Gasteiger charge is 2.13. The number of rotatable bonds is 12. The molecule has 2 aromatic rings. The zero-order valence-electron chi connectivity index (χ0n) is 17.3. The third kappa shape index (κ3) is 7.64. The lowest BCUT2D eigenvalue weighted by molar-refractivity contribution is 0.0911. The van der Waals surface area contributed by atoms with E-state index in [1.807, 2.05) is 64.1 Å². The molecule has 0 spiro atoms. The zero-order valence-corrected chi connectivity index (χ0v) is 17.3. The smallest absolute Gasteiger partial charge is 0.161 e. The van der Waals surface area contributed by atoms with E-state index in [2.05, 4.69) is 10.6 Å². The van der Waals surface area contributed by atoms with Gasteiger partial charge in [0.15, 0.2) is 11.5 Å². The average Bonchev–Trinajstić information content (AvgIpc) is 2.67. The monoisotopic (exact) mass is 390 g/mol. The van der Waals surface area contributed by atoms with Crippen molar-refractivity contribution in [3.63, 3.8) is 0 Å². The maximum absolute atomic E-state index is 10.1. The van der Waals surface area contributed by atoms with E-state index in [0.29, 0.717) is 36.7 Å². The summed E-state index contributed by atoms with van der Waals surface area (Å²) >= 11 is 0. The molecule has 2 unspecified atom stereocenters. The Morgan fingerprint density at radius 3 is 1.50 bits per heavy atom. The van der Waals surface area contributed by atoms with Crippen molar-refractivity contribution in [1.82, 2.24) is 10.6 Å². The Hall–Kier alpha value is -1.86. The van der Waals surface area contributed by atoms with Gasteiger partial charge in [-0.05, 0) is 22.9 Å². The lowest BCUT2D eigenvalue weighted by atomic mass is 10.1. The summed E-state index contributed by atoms with van der Waals surface area (Å²) < 4.78 is 11.7. The number of aliphatic hydroxyl groups is 2. The topological polar surface area (TPSA) is 83.0 Å². The molecule has 0 saturated carbocycles. The largest absolute Gasteiger partial charge is 0.487 e. The Balaban J connectivity index is 2.05. The summed E-state index contributed by atoms with van der Waals surface area (Å²) in [6, 6.07) is 12.4. The van der Waals surface area contributed by atoms with Crippen LogP contribution >= 0.6 is 0 Å². The SMILES string of the molecule is CC(C)NCC(O)COc1cc2ccccc2cc1OCC(O)CNC(C)C. The number of ether oxygens (including phenoxy) is 2. The first-order valence-electron chi connectivity index (χ1n) is 9.96. The predicted molar refractivity (Wildman–Crippen MR) is 113 cm³/mol. The van der Waals surface area contributed by atoms with Crippen LogP contribution in [-0.4, -0.2) is 60.8 Å². The summed E-state index contributed by atoms with van der Waals surface area (Å²) in [4.78, 5) is 0. The number of hydrogen-bond donors (Lipinski definition) is 4. The Morgan fingerprint density at radius 2 is 1.14 bits per heavy atom. The third-order valence-corrected chi connectivity index (χ3v) is 4.20. The normalized spacial score (nSPS) is 13.9. The molecule has 156 valence electrons. The first-order chi connectivity index (χ1) is 13.3. The highest BCUT2D eigenvalue weighted by atomic mass is 16.5. The lowest BCUT2D eigenvalue weighted by Crippen LogP contribution is -2.35. The lowest BCUT2D eigenvalue weighted by Gasteiger charge is -2.19. The van der Waals surface area contributed by atoms with Gasteiger partial charge in [-0.1, -0.05) is 52.0 Å². The van der Waals surface area contributed by atoms with Crippen molar-refractivity contribution in [3.05, 3.63) is 36.4 Å². The Labute approximate surface area is 167 Å². The Morgan fingerprint density at radius 1 is 0.750 bits per heavy atom. The van der Waals surface area contributed by atoms with Gasteiger partial charge in [0.05, 0.1) is 0 Å². The average molecular weight is 391 g/mol. The van der Waals surface area contributed by atoms with Gasteiger partial charge in [0.25, 0.3) is 0 Å². The third-order valence-electron chi connectivity index (χ3n) is 4.20. The van der Waals surface area contributed by atoms with E-state index >= 15 is 0 Å². The molecule has 0 saturated heterocycles. The molecule has 2 atom stereocenters. The van der Waals surface area contributed by atoms with Crippen molar-refractivity contribution in [2.24, 2.45) is 0 Å². The minimum absolute atomic E-state index is 0.159. The molecule has 0 bridgehead atoms. The summed E-state index contributed by atoms with van der Waals surface area (Å²) in [5, 5.41) is 28.7. The van der Waals surface area contributed by atoms with Gasteiger partial charge in [0.1, 0.15) is 25.4 Å². The van der Waals surface area contributed by atoms with E-state index < -0.39 is 12.2 Å². The Bertz CT molecular complexity index is 660. The number of aliphatic hydroxyl groups excluding tert-OH is 2. The molecule has 0 fully saturated rings. The second kappa shape index (κ2) is 11.2. The predicted octanol–water partition coefficient (Wildman–Crippen LogP) is 2.32. The zero-order chi connectivity index (χ0) is 20.5. The van der Waals surface area contributed by atoms with Crippen molar-refractivity contribution >= 4 is 10.8 Å². The first-order valence-corrected chi connectivity index (χ1v) is 9.96. The molecular weight excluding hydrogens is 356 g/mol. The molecule has 0 aliphatic rings. The van der Waals surface area contributed by atoms with E-state index in [-0.39, 0.29) is 13.2 Å². The van der Waals surface area contributed by atoms with E-state index in [1.54, 1.807) is 0 Å². The molecule has 0 aromatic heterocycles. The maximum Gasteiger partial charge on any atom is 0.161 e. The molecule has 28 heavy (non-hydrogen) atoms. The van der Waals surface area contributed by atoms with E-state index in [1.165, 1.54) is 0 Å². The minimum atomic E-state index is -0.623. The fraction of sp³-hybridized carbons (Fsp3) is 0.545. The molecule has 0 amide bonds. The van der Waals surface area contributed by atoms with Crippen LogP contribution in [0.15, 0.2) is 36.4 Å². The highest BCUT2D eigenvalue weighted by Crippen LogP contribution is 2.32. The molecule has 6 heteroatoms. The van der Waals surface area contributed by atoms with Gasteiger partial charge in [-0.2, -0.15) is 0 Å². The van der Waals surface area contributed by atoms with Crippen LogP contribution in [0.2, 0.25) is 0 Å². The van der Waals surface area contributed by atoms with Crippen molar-refractivity contribution in [2.75, 3.05) is 26.3 Å². The number of benzene rings is 2. The standard InChI is InChI=1S/C22H34N2O4/c1-15(2)23-11-19(25)13-27-21-9-17-7-5-6-8-18(17)10-22(21)28-14-20(26)12-24-16(3)4/h5-10,15-16,19-20,23-26H,11-14H2,1-4H3. The molecule has 0 aliphatic heterocycles. The van der Waals surface area contributed by atoms with Crippen molar-refractivity contribution in [3.8, 4) is 11.5 Å². The quantitative estimate of drug-likeness (QED) is 0.445. The van der Waals surface area contributed by atoms with Gasteiger partial charge in [-0.3, -0.25) is 0 Å². The van der Waals surface area contributed by atoms with Crippen LogP contribution in [0, 0.1) is 0 Å². The van der Waals surface area contributed by atoms with Gasteiger partial charge in [-0.25, -0.2) is 0 Å². The fourth-order valence-electron chi connectivity index (χ4n) is 2.66. The van der Waals surface area contributed by atoms with Crippen LogP contribution < -0.4 is 20.1 Å². The summed E-state index contributed by atoms with van der Waals surface area (Å²) in [6.45, 7) is 9.36. The summed E-state index contributed by atoms with van der Waals surface area (Å²) in [7, 11) is 0. The number of fused-ring (bicyclic) bond motifs is 1. The van der Waals surface area contributed by atoms with Crippen molar-refractivity contribution in [2.45, 2.75) is 52.0 Å². The van der Waals surface area contributed by atoms with Crippen LogP contribution in [0.3, 0.4) is 0 Å². The molecule has 0 heterocycles. The van der Waals surface area contributed by atoms with E-state index in [0.717, 1.165) is 10.8 Å². The number of nitrogens with one attached hydrogen (secondary N) is 2. The summed E-state index contributed by atoms with van der Waals surface area (Å²) in [6.07, 6.45) is -1.25. The molecule has 0 aliphatic carbocycles. The number of hydrogen-bond acceptors (Lipinski definition) is 6. The fourth-order valence-corrected chi connectivity index (χ4v) is 2.66. The Kier molecular flexibility index (Phi) is 8.99. The van der Waals surface area contributed by atoms with E-state index in [9.17, 15) is 10.2 Å². The van der Waals surface area contributed by atoms with Gasteiger partial charge in [0.2, 0.25) is 0 Å². The second-order valence-electron chi connectivity index (χ2n) is 7.70. The highest BCUT2D eigenvalue weighted by molar-refractivity contribution is 5.86. The van der Waals surface area contributed by atoms with Gasteiger partial charge in [-0.15, -0.1) is 0 Å². The molecule has 6 nitrogen and oxygen atoms in total. The van der Waals surface area contributed by atoms with Gasteiger partial charge >= 0.3 is 0 Å². The van der Waals surface area contributed by atoms with Crippen LogP contribution in [0.5, 0.6) is 11.5 Å². The van der Waals surface area contributed by atoms with Crippen LogP contribution in [0.4, 0.5) is 0 Å². The van der Waals surface area contributed by atoms with E-state index in [4.69, 9.17) is 9.47 Å². The van der Waals surface area contributed by atoms with Crippen molar-refractivity contribution < 1.29 is 19.7 Å². The molecule has 2 aromatic carbocycles. The summed E-state index contributed by atoms with van der Waals surface area (Å²) in [5.41, 5.74) is 0. The maximum atomic E-state index is 10.1.